The van der Waals surface area contributed by atoms with Crippen LogP contribution in [0.5, 0.6) is 0 Å². The van der Waals surface area contributed by atoms with Crippen molar-refractivity contribution in [3.63, 3.8) is 0 Å². The van der Waals surface area contributed by atoms with Crippen LogP contribution >= 0.6 is 23.1 Å². The van der Waals surface area contributed by atoms with Crippen molar-refractivity contribution in [2.45, 2.75) is 17.2 Å². The summed E-state index contributed by atoms with van der Waals surface area (Å²) in [7, 11) is 0. The van der Waals surface area contributed by atoms with Crippen molar-refractivity contribution in [3.05, 3.63) is 53.9 Å². The number of amides is 1. The summed E-state index contributed by atoms with van der Waals surface area (Å²) < 4.78 is 1.78. The van der Waals surface area contributed by atoms with Crippen molar-refractivity contribution < 1.29 is 9.52 Å². The van der Waals surface area contributed by atoms with Crippen LogP contribution in [0.2, 0.25) is 0 Å². The van der Waals surface area contributed by atoms with Gasteiger partial charge in [0.25, 0.3) is 5.03 Å². The molecule has 0 aliphatic heterocycles. The van der Waals surface area contributed by atoms with Crippen molar-refractivity contribution in [2.75, 3.05) is 5.32 Å². The fourth-order valence-electron chi connectivity index (χ4n) is 1.87. The molecule has 0 aliphatic carbocycles. The van der Waals surface area contributed by atoms with Gasteiger partial charge in [-0.3, -0.25) is 4.79 Å². The molecule has 112 valence electrons. The molecule has 5 nitrogen and oxygen atoms in total. The van der Waals surface area contributed by atoms with Crippen LogP contribution in [0.3, 0.4) is 0 Å². The lowest BCUT2D eigenvalue weighted by atomic mass is 10.3. The van der Waals surface area contributed by atoms with E-state index in [2.05, 4.69) is 10.3 Å². The first-order valence-corrected chi connectivity index (χ1v) is 8.34. The van der Waals surface area contributed by atoms with Gasteiger partial charge in [0.05, 0.1) is 15.5 Å². The zero-order valence-electron chi connectivity index (χ0n) is 11.7. The van der Waals surface area contributed by atoms with Gasteiger partial charge in [0.1, 0.15) is 0 Å². The highest BCUT2D eigenvalue weighted by atomic mass is 32.2. The number of nitrogens with zero attached hydrogens (tertiary/aromatic N) is 2. The average Bonchev–Trinajstić information content (AvgIpc) is 2.91. The lowest BCUT2D eigenvalue weighted by Gasteiger charge is -2.09. The molecule has 1 amide bonds. The molecule has 0 aliphatic rings. The van der Waals surface area contributed by atoms with Gasteiger partial charge in [-0.15, -0.1) is 0 Å². The second-order valence-corrected chi connectivity index (χ2v) is 6.99. The second kappa shape index (κ2) is 6.33. The minimum absolute atomic E-state index is 0.173. The summed E-state index contributed by atoms with van der Waals surface area (Å²) in [4.78, 5) is 16.6. The first kappa shape index (κ1) is 14.8. The second-order valence-electron chi connectivity index (χ2n) is 4.60. The Bertz CT molecular complexity index is 786. The van der Waals surface area contributed by atoms with Gasteiger partial charge in [0, 0.05) is 12.1 Å². The fourth-order valence-corrected chi connectivity index (χ4v) is 3.59. The number of thiazole rings is 1. The van der Waals surface area contributed by atoms with Crippen molar-refractivity contribution in [1.82, 2.24) is 4.98 Å². The topological polar surface area (TPSA) is 68.9 Å². The minimum atomic E-state index is -0.394. The molecule has 0 saturated carbocycles. The predicted molar refractivity (Wildman–Crippen MR) is 89.0 cm³/mol. The van der Waals surface area contributed by atoms with Crippen molar-refractivity contribution in [2.24, 2.45) is 0 Å². The van der Waals surface area contributed by atoms with E-state index in [1.165, 1.54) is 29.3 Å². The van der Waals surface area contributed by atoms with Crippen LogP contribution in [0.4, 0.5) is 5.13 Å². The van der Waals surface area contributed by atoms with Crippen LogP contribution in [0.25, 0.3) is 10.2 Å². The smallest absolute Gasteiger partial charge is 0.252 e. The number of aromatic nitrogens is 2. The van der Waals surface area contributed by atoms with E-state index in [4.69, 9.17) is 0 Å². The molecule has 3 aromatic rings. The molecule has 0 saturated heterocycles. The lowest BCUT2D eigenvalue weighted by molar-refractivity contribution is -0.645. The Kier molecular flexibility index (Phi) is 4.26. The normalized spacial score (nSPS) is 12.2. The Balaban J connectivity index is 1.69. The molecule has 2 aromatic heterocycles. The minimum Gasteiger partial charge on any atom is -0.618 e. The van der Waals surface area contributed by atoms with Crippen LogP contribution in [0, 0.1) is 5.21 Å². The fraction of sp³-hybridized carbons (Fsp3) is 0.133. The maximum absolute atomic E-state index is 12.2. The van der Waals surface area contributed by atoms with Gasteiger partial charge in [-0.05, 0) is 36.9 Å². The van der Waals surface area contributed by atoms with Crippen LogP contribution in [-0.2, 0) is 4.79 Å². The molecule has 22 heavy (non-hydrogen) atoms. The van der Waals surface area contributed by atoms with Gasteiger partial charge in [-0.2, -0.15) is 4.73 Å². The van der Waals surface area contributed by atoms with E-state index >= 15 is 0 Å². The Morgan fingerprint density at radius 3 is 2.86 bits per heavy atom. The van der Waals surface area contributed by atoms with Crippen LogP contribution in [0.1, 0.15) is 6.92 Å². The molecular weight excluding hydrogens is 318 g/mol. The average molecular weight is 331 g/mol. The summed E-state index contributed by atoms with van der Waals surface area (Å²) in [5.74, 6) is -0.173. The number of hydrogen-bond donors (Lipinski definition) is 1. The maximum atomic E-state index is 12.2. The number of fused-ring (bicyclic) bond motifs is 1. The van der Waals surface area contributed by atoms with E-state index < -0.39 is 5.25 Å². The first-order valence-electron chi connectivity index (χ1n) is 6.65. The highest BCUT2D eigenvalue weighted by molar-refractivity contribution is 8.00. The zero-order valence-corrected chi connectivity index (χ0v) is 13.4. The molecule has 0 radical (unpaired) electrons. The van der Waals surface area contributed by atoms with E-state index in [1.54, 1.807) is 25.1 Å². The maximum Gasteiger partial charge on any atom is 0.252 e. The summed E-state index contributed by atoms with van der Waals surface area (Å²) in [6.07, 6.45) is 1.42. The number of rotatable bonds is 4. The Morgan fingerprint density at radius 1 is 1.32 bits per heavy atom. The highest BCUT2D eigenvalue weighted by Crippen LogP contribution is 2.27. The van der Waals surface area contributed by atoms with Gasteiger partial charge in [-0.1, -0.05) is 23.5 Å². The molecule has 0 fully saturated rings. The van der Waals surface area contributed by atoms with E-state index in [-0.39, 0.29) is 5.91 Å². The molecule has 0 bridgehead atoms. The molecule has 3 rings (SSSR count). The molecule has 2 heterocycles. The highest BCUT2D eigenvalue weighted by Gasteiger charge is 2.19. The summed E-state index contributed by atoms with van der Waals surface area (Å²) in [5.41, 5.74) is 0.864. The Labute approximate surface area is 135 Å². The number of nitrogens with one attached hydrogen (secondary N) is 1. The van der Waals surface area contributed by atoms with E-state index in [1.807, 2.05) is 24.3 Å². The van der Waals surface area contributed by atoms with Gasteiger partial charge >= 0.3 is 0 Å². The molecule has 0 spiro atoms. The molecule has 1 aromatic carbocycles. The summed E-state index contributed by atoms with van der Waals surface area (Å²) >= 11 is 2.65. The Morgan fingerprint density at radius 2 is 2.09 bits per heavy atom. The lowest BCUT2D eigenvalue weighted by Crippen LogP contribution is -2.30. The number of carbonyl (C=O) groups is 1. The third-order valence-corrected chi connectivity index (χ3v) is 5.06. The standard InChI is InChI=1S/C15H13N3O2S2/c1-10(21-13-8-4-5-9-18(13)20)14(19)17-15-16-11-6-2-3-7-12(11)22-15/h2-10H,1H3,(H,16,17,19)/t10-/m1/s1. The third-order valence-electron chi connectivity index (χ3n) is 2.98. The van der Waals surface area contributed by atoms with Crippen LogP contribution < -0.4 is 10.0 Å². The Hall–Kier alpha value is -2.12. The van der Waals surface area contributed by atoms with E-state index in [9.17, 15) is 10.0 Å². The number of para-hydroxylation sites is 1. The number of carbonyl (C=O) groups excluding carboxylic acids is 1. The quantitative estimate of drug-likeness (QED) is 0.453. The van der Waals surface area contributed by atoms with E-state index in [0.29, 0.717) is 10.2 Å². The van der Waals surface area contributed by atoms with Crippen molar-refractivity contribution >= 4 is 44.4 Å². The SMILES string of the molecule is C[C@@H](Sc1cccc[n+]1[O-])C(=O)Nc1nc2ccccc2s1. The monoisotopic (exact) mass is 331 g/mol. The number of benzene rings is 1. The largest absolute Gasteiger partial charge is 0.618 e. The zero-order chi connectivity index (χ0) is 15.5. The molecular formula is C15H13N3O2S2. The summed E-state index contributed by atoms with van der Waals surface area (Å²) in [6, 6.07) is 12.8. The molecule has 0 unspecified atom stereocenters. The van der Waals surface area contributed by atoms with Crippen LogP contribution in [-0.4, -0.2) is 16.1 Å². The summed E-state index contributed by atoms with van der Waals surface area (Å²) in [5, 5.41) is 15.1. The molecule has 1 N–H and O–H groups in total. The number of hydrogen-bond acceptors (Lipinski definition) is 5. The molecule has 7 heteroatoms. The predicted octanol–water partition coefficient (Wildman–Crippen LogP) is 3.05. The third kappa shape index (κ3) is 3.20. The van der Waals surface area contributed by atoms with Crippen molar-refractivity contribution in [3.8, 4) is 0 Å². The van der Waals surface area contributed by atoms with Gasteiger partial charge in [-0.25, -0.2) is 4.98 Å². The number of pyridine rings is 1. The van der Waals surface area contributed by atoms with Crippen molar-refractivity contribution in [1.29, 1.82) is 0 Å². The number of anilines is 1. The van der Waals surface area contributed by atoms with Gasteiger partial charge in [0.15, 0.2) is 11.3 Å². The molecule has 1 atom stereocenters. The van der Waals surface area contributed by atoms with E-state index in [0.717, 1.165) is 14.9 Å². The summed E-state index contributed by atoms with van der Waals surface area (Å²) in [6.45, 7) is 1.76. The van der Waals surface area contributed by atoms with Crippen LogP contribution in [0.15, 0.2) is 53.7 Å². The van der Waals surface area contributed by atoms with Gasteiger partial charge < -0.3 is 10.5 Å². The van der Waals surface area contributed by atoms with Gasteiger partial charge in [0.2, 0.25) is 5.91 Å². The number of thioether (sulfide) groups is 1. The first-order chi connectivity index (χ1) is 10.6.